The number of hydrogen-bond donors (Lipinski definition) is 4. The number of hydrogen-bond acceptors (Lipinski definition) is 7. The Labute approximate surface area is 126 Å². The molecule has 6 atom stereocenters. The average molecular weight is 311 g/mol. The lowest BCUT2D eigenvalue weighted by Crippen LogP contribution is -2.62. The first-order chi connectivity index (χ1) is 10.5. The molecule has 6 unspecified atom stereocenters. The van der Waals surface area contributed by atoms with Crippen LogP contribution in [0.2, 0.25) is 0 Å². The first-order valence-corrected chi connectivity index (χ1v) is 6.86. The molecule has 2 heterocycles. The van der Waals surface area contributed by atoms with Gasteiger partial charge in [0.05, 0.1) is 0 Å². The zero-order valence-corrected chi connectivity index (χ0v) is 11.5. The molecule has 2 aliphatic rings. The van der Waals surface area contributed by atoms with E-state index >= 15 is 0 Å². The number of aliphatic hydroxyl groups excluding tert-OH is 3. The van der Waals surface area contributed by atoms with E-state index in [-0.39, 0.29) is 0 Å². The van der Waals surface area contributed by atoms with Crippen LogP contribution in [0.4, 0.5) is 0 Å². The smallest absolute Gasteiger partial charge is 0.249 e. The van der Waals surface area contributed by atoms with Crippen molar-refractivity contribution in [3.05, 3.63) is 29.8 Å². The van der Waals surface area contributed by atoms with Gasteiger partial charge in [0, 0.05) is 12.0 Å². The number of carbonyl (C=O) groups excluding carboxylic acids is 1. The van der Waals surface area contributed by atoms with Crippen LogP contribution >= 0.6 is 0 Å². The second-order valence-corrected chi connectivity index (χ2v) is 5.29. The van der Waals surface area contributed by atoms with Gasteiger partial charge in [-0.25, -0.2) is 0 Å². The summed E-state index contributed by atoms with van der Waals surface area (Å²) in [5, 5.41) is 29.2. The summed E-state index contributed by atoms with van der Waals surface area (Å²) < 4.78 is 16.1. The molecule has 0 saturated carbocycles. The molecule has 1 aromatic carbocycles. The van der Waals surface area contributed by atoms with Gasteiger partial charge in [-0.1, -0.05) is 18.2 Å². The Morgan fingerprint density at radius 3 is 2.64 bits per heavy atom. The third kappa shape index (κ3) is 2.67. The minimum absolute atomic E-state index is 0.420. The summed E-state index contributed by atoms with van der Waals surface area (Å²) in [6.07, 6.45) is -7.81. The van der Waals surface area contributed by atoms with E-state index in [1.165, 1.54) is 0 Å². The highest BCUT2D eigenvalue weighted by atomic mass is 16.7. The van der Waals surface area contributed by atoms with Gasteiger partial charge in [-0.2, -0.15) is 0 Å². The summed E-state index contributed by atoms with van der Waals surface area (Å²) >= 11 is 0. The molecule has 2 aliphatic heterocycles. The van der Waals surface area contributed by atoms with Gasteiger partial charge in [-0.05, 0) is 6.07 Å². The van der Waals surface area contributed by atoms with Crippen molar-refractivity contribution in [3.8, 4) is 5.75 Å². The molecule has 8 heteroatoms. The lowest BCUT2D eigenvalue weighted by Gasteiger charge is -2.39. The molecule has 3 rings (SSSR count). The van der Waals surface area contributed by atoms with Crippen molar-refractivity contribution in [2.24, 2.45) is 5.73 Å². The zero-order chi connectivity index (χ0) is 15.9. The summed E-state index contributed by atoms with van der Waals surface area (Å²) in [7, 11) is 0. The first-order valence-electron chi connectivity index (χ1n) is 6.86. The van der Waals surface area contributed by atoms with E-state index in [1.807, 2.05) is 18.2 Å². The second kappa shape index (κ2) is 5.82. The van der Waals surface area contributed by atoms with E-state index < -0.39 is 42.9 Å². The maximum Gasteiger partial charge on any atom is 0.249 e. The summed E-state index contributed by atoms with van der Waals surface area (Å²) in [4.78, 5) is 11.4. The molecule has 0 bridgehead atoms. The van der Waals surface area contributed by atoms with Crippen LogP contribution in [-0.2, 0) is 20.7 Å². The summed E-state index contributed by atoms with van der Waals surface area (Å²) in [5.74, 6) is -0.263. The van der Waals surface area contributed by atoms with Crippen LogP contribution in [0, 0.1) is 0 Å². The molecule has 0 aliphatic carbocycles. The molecule has 5 N–H and O–H groups in total. The normalized spacial score (nSPS) is 37.4. The Morgan fingerprint density at radius 2 is 1.95 bits per heavy atom. The third-order valence-corrected chi connectivity index (χ3v) is 3.77. The largest absolute Gasteiger partial charge is 0.464 e. The Kier molecular flexibility index (Phi) is 4.02. The highest BCUT2D eigenvalue weighted by Gasteiger charge is 2.48. The molecule has 1 fully saturated rings. The van der Waals surface area contributed by atoms with Gasteiger partial charge in [0.1, 0.15) is 24.1 Å². The number of ether oxygens (including phenoxy) is 3. The lowest BCUT2D eigenvalue weighted by molar-refractivity contribution is -0.297. The Hall–Kier alpha value is -1.71. The van der Waals surface area contributed by atoms with Crippen molar-refractivity contribution >= 4 is 5.91 Å². The molecular weight excluding hydrogens is 294 g/mol. The van der Waals surface area contributed by atoms with Crippen LogP contribution in [0.25, 0.3) is 0 Å². The van der Waals surface area contributed by atoms with Crippen molar-refractivity contribution in [2.45, 2.75) is 43.4 Å². The number of amides is 1. The Balaban J connectivity index is 1.74. The second-order valence-electron chi connectivity index (χ2n) is 5.29. The number of nitrogens with two attached hydrogens (primary N) is 1. The van der Waals surface area contributed by atoms with E-state index in [1.54, 1.807) is 6.07 Å². The van der Waals surface area contributed by atoms with Gasteiger partial charge in [0.25, 0.3) is 0 Å². The van der Waals surface area contributed by atoms with Gasteiger partial charge < -0.3 is 35.3 Å². The van der Waals surface area contributed by atoms with Crippen molar-refractivity contribution < 1.29 is 34.3 Å². The lowest BCUT2D eigenvalue weighted by atomic mass is 9.98. The number of fused-ring (bicyclic) bond motifs is 1. The van der Waals surface area contributed by atoms with E-state index in [0.29, 0.717) is 12.2 Å². The van der Waals surface area contributed by atoms with Gasteiger partial charge in [-0.3, -0.25) is 4.79 Å². The fourth-order valence-corrected chi connectivity index (χ4v) is 2.63. The van der Waals surface area contributed by atoms with Gasteiger partial charge in [0.2, 0.25) is 12.2 Å². The maximum atomic E-state index is 11.4. The molecule has 0 radical (unpaired) electrons. The molecule has 0 spiro atoms. The van der Waals surface area contributed by atoms with Crippen molar-refractivity contribution in [3.63, 3.8) is 0 Å². The average Bonchev–Trinajstić information content (AvgIpc) is 2.89. The van der Waals surface area contributed by atoms with E-state index in [2.05, 4.69) is 0 Å². The molecule has 1 saturated heterocycles. The number of primary amides is 1. The Morgan fingerprint density at radius 1 is 1.23 bits per heavy atom. The molecule has 1 amide bonds. The number of benzene rings is 1. The van der Waals surface area contributed by atoms with Crippen LogP contribution < -0.4 is 10.5 Å². The van der Waals surface area contributed by atoms with Crippen LogP contribution in [0.15, 0.2) is 24.3 Å². The SMILES string of the molecule is NC(=O)C1OC(O)C(O)C(O)C1OC1Cc2ccccc2O1. The minimum Gasteiger partial charge on any atom is -0.464 e. The van der Waals surface area contributed by atoms with E-state index in [4.69, 9.17) is 19.9 Å². The monoisotopic (exact) mass is 311 g/mol. The zero-order valence-electron chi connectivity index (χ0n) is 11.5. The third-order valence-electron chi connectivity index (χ3n) is 3.77. The van der Waals surface area contributed by atoms with E-state index in [0.717, 1.165) is 5.56 Å². The Bertz CT molecular complexity index is 541. The number of aliphatic hydroxyl groups is 3. The predicted molar refractivity (Wildman–Crippen MR) is 71.5 cm³/mol. The minimum atomic E-state index is -1.71. The van der Waals surface area contributed by atoms with Crippen LogP contribution in [0.1, 0.15) is 5.56 Å². The van der Waals surface area contributed by atoms with Crippen molar-refractivity contribution in [1.82, 2.24) is 0 Å². The summed E-state index contributed by atoms with van der Waals surface area (Å²) in [6, 6.07) is 7.31. The maximum absolute atomic E-state index is 11.4. The quantitative estimate of drug-likeness (QED) is 0.521. The van der Waals surface area contributed by atoms with E-state index in [9.17, 15) is 20.1 Å². The first kappa shape index (κ1) is 15.2. The molecule has 22 heavy (non-hydrogen) atoms. The van der Waals surface area contributed by atoms with Crippen LogP contribution in [0.3, 0.4) is 0 Å². The highest BCUT2D eigenvalue weighted by molar-refractivity contribution is 5.79. The topological polar surface area (TPSA) is 131 Å². The van der Waals surface area contributed by atoms with Gasteiger partial charge in [0.15, 0.2) is 12.4 Å². The van der Waals surface area contributed by atoms with Gasteiger partial charge >= 0.3 is 0 Å². The molecular formula is C14H17NO7. The summed E-state index contributed by atoms with van der Waals surface area (Å²) in [5.41, 5.74) is 6.12. The van der Waals surface area contributed by atoms with Crippen molar-refractivity contribution in [2.75, 3.05) is 0 Å². The summed E-state index contributed by atoms with van der Waals surface area (Å²) in [6.45, 7) is 0. The fourth-order valence-electron chi connectivity index (χ4n) is 2.63. The van der Waals surface area contributed by atoms with Crippen molar-refractivity contribution in [1.29, 1.82) is 0 Å². The molecule has 120 valence electrons. The number of carbonyl (C=O) groups is 1. The molecule has 0 aromatic heterocycles. The van der Waals surface area contributed by atoms with Gasteiger partial charge in [-0.15, -0.1) is 0 Å². The predicted octanol–water partition coefficient (Wildman–Crippen LogP) is -1.74. The number of rotatable bonds is 3. The highest BCUT2D eigenvalue weighted by Crippen LogP contribution is 2.31. The molecule has 8 nitrogen and oxygen atoms in total. The van der Waals surface area contributed by atoms with Crippen LogP contribution in [-0.4, -0.2) is 58.2 Å². The number of para-hydroxylation sites is 1. The standard InChI is InChI=1S/C14H17NO7/c15-13(18)12-11(9(16)10(17)14(19)22-12)21-8-5-6-3-1-2-4-7(6)20-8/h1-4,8-12,14,16-17,19H,5H2,(H2,15,18). The van der Waals surface area contributed by atoms with Crippen LogP contribution in [0.5, 0.6) is 5.75 Å². The molecule has 1 aromatic rings. The fraction of sp³-hybridized carbons (Fsp3) is 0.500.